The topological polar surface area (TPSA) is 65.0 Å². The molecule has 0 aliphatic carbocycles. The maximum Gasteiger partial charge on any atom is 0.164 e. The molecule has 48 heavy (non-hydrogen) atoms. The zero-order chi connectivity index (χ0) is 37.7. The van der Waals surface area contributed by atoms with Gasteiger partial charge in [-0.1, -0.05) is 127 Å². The van der Waals surface area contributed by atoms with Crippen LogP contribution in [0.1, 0.15) is 9.60 Å². The van der Waals surface area contributed by atoms with Gasteiger partial charge >= 0.3 is 0 Å². The van der Waals surface area contributed by atoms with Crippen molar-refractivity contribution in [2.45, 2.75) is 0 Å². The Kier molecular flexibility index (Phi) is 4.48. The van der Waals surface area contributed by atoms with E-state index < -0.39 is 18.1 Å². The van der Waals surface area contributed by atoms with Crippen LogP contribution in [0.2, 0.25) is 0 Å². The highest BCUT2D eigenvalue weighted by atomic mass is 16.3. The van der Waals surface area contributed by atoms with Crippen LogP contribution in [0.5, 0.6) is 0 Å². The number of furan rings is 2. The second-order valence-electron chi connectivity index (χ2n) is 11.4. The van der Waals surface area contributed by atoms with E-state index in [0.717, 1.165) is 32.9 Å². The lowest BCUT2D eigenvalue weighted by Gasteiger charge is -2.13. The molecule has 0 saturated carbocycles. The number of benzene rings is 7. The lowest BCUT2D eigenvalue weighted by Crippen LogP contribution is -2.01. The Morgan fingerprint density at radius 2 is 0.979 bits per heavy atom. The maximum atomic E-state index is 9.16. The van der Waals surface area contributed by atoms with Gasteiger partial charge in [0, 0.05) is 38.2 Å². The smallest absolute Gasteiger partial charge is 0.164 e. The Balaban J connectivity index is 1.26. The molecule has 0 amide bonds. The van der Waals surface area contributed by atoms with Crippen LogP contribution in [-0.4, -0.2) is 15.0 Å². The summed E-state index contributed by atoms with van der Waals surface area (Å²) in [6.07, 6.45) is 0. The van der Waals surface area contributed by atoms with Gasteiger partial charge in [0.1, 0.15) is 22.3 Å². The van der Waals surface area contributed by atoms with Gasteiger partial charge in [0.25, 0.3) is 0 Å². The van der Waals surface area contributed by atoms with Crippen LogP contribution in [0.15, 0.2) is 160 Å². The molecule has 0 spiro atoms. The van der Waals surface area contributed by atoms with Crippen molar-refractivity contribution in [2.24, 2.45) is 0 Å². The first-order valence-corrected chi connectivity index (χ1v) is 15.4. The Morgan fingerprint density at radius 1 is 0.375 bits per heavy atom. The molecule has 0 fully saturated rings. The van der Waals surface area contributed by atoms with E-state index in [2.05, 4.69) is 0 Å². The van der Waals surface area contributed by atoms with Crippen molar-refractivity contribution in [1.82, 2.24) is 15.0 Å². The zero-order valence-corrected chi connectivity index (χ0v) is 25.1. The average Bonchev–Trinajstić information content (AvgIpc) is 3.81. The van der Waals surface area contributed by atoms with E-state index >= 15 is 0 Å². The second kappa shape index (κ2) is 10.5. The summed E-state index contributed by atoms with van der Waals surface area (Å²) in [6.45, 7) is 0. The summed E-state index contributed by atoms with van der Waals surface area (Å²) >= 11 is 0. The van der Waals surface area contributed by atoms with Crippen molar-refractivity contribution in [3.8, 4) is 45.3 Å². The summed E-state index contributed by atoms with van der Waals surface area (Å²) in [7, 11) is 0. The summed E-state index contributed by atoms with van der Waals surface area (Å²) < 4.78 is 72.7. The van der Waals surface area contributed by atoms with E-state index in [9.17, 15) is 0 Å². The van der Waals surface area contributed by atoms with Crippen molar-refractivity contribution in [1.29, 1.82) is 0 Å². The Labute approximate surface area is 284 Å². The van der Waals surface area contributed by atoms with E-state index in [1.807, 2.05) is 103 Å². The highest BCUT2D eigenvalue weighted by molar-refractivity contribution is 6.16. The second-order valence-corrected chi connectivity index (χ2v) is 11.4. The molecule has 7 aromatic carbocycles. The van der Waals surface area contributed by atoms with Crippen molar-refractivity contribution < 1.29 is 18.4 Å². The van der Waals surface area contributed by atoms with E-state index in [1.54, 1.807) is 6.07 Å². The van der Waals surface area contributed by atoms with Gasteiger partial charge in [-0.3, -0.25) is 0 Å². The van der Waals surface area contributed by atoms with Crippen LogP contribution in [0.25, 0.3) is 99.9 Å². The summed E-state index contributed by atoms with van der Waals surface area (Å²) in [5, 5.41) is 3.46. The molecule has 0 unspecified atom stereocenters. The standard InChI is InChI=1S/C43H25N3O2/c1-2-12-26(13-3-1)41-44-42(46-43(45-41)34-21-11-25-38-40(34)33-15-5-7-23-36(33)48-38)31-20-9-16-27-28(17-8-18-29(27)31)30-19-10-24-37-39(30)32-14-4-6-22-35(32)47-37/h1-25H/i4D,6D,10D,14D,19D,22D,24D. The summed E-state index contributed by atoms with van der Waals surface area (Å²) in [6, 6.07) is 31.8. The van der Waals surface area contributed by atoms with E-state index in [-0.39, 0.29) is 51.7 Å². The molecule has 0 saturated heterocycles. The van der Waals surface area contributed by atoms with E-state index in [4.69, 9.17) is 33.4 Å². The monoisotopic (exact) mass is 622 g/mol. The third-order valence-corrected chi connectivity index (χ3v) is 8.69. The molecule has 224 valence electrons. The molecule has 0 radical (unpaired) electrons. The van der Waals surface area contributed by atoms with Gasteiger partial charge in [-0.2, -0.15) is 0 Å². The number of para-hydroxylation sites is 2. The van der Waals surface area contributed by atoms with Gasteiger partial charge in [0.05, 0.1) is 9.60 Å². The molecule has 0 aliphatic rings. The van der Waals surface area contributed by atoms with Gasteiger partial charge in [0.2, 0.25) is 0 Å². The molecule has 0 N–H and O–H groups in total. The highest BCUT2D eigenvalue weighted by Crippen LogP contribution is 2.41. The van der Waals surface area contributed by atoms with Crippen molar-refractivity contribution in [2.75, 3.05) is 0 Å². The van der Waals surface area contributed by atoms with Gasteiger partial charge < -0.3 is 8.83 Å². The minimum Gasteiger partial charge on any atom is -0.456 e. The first-order valence-electron chi connectivity index (χ1n) is 18.9. The van der Waals surface area contributed by atoms with Crippen molar-refractivity contribution >= 4 is 54.6 Å². The number of hydrogen-bond acceptors (Lipinski definition) is 5. The number of aromatic nitrogens is 3. The van der Waals surface area contributed by atoms with Crippen molar-refractivity contribution in [3.63, 3.8) is 0 Å². The average molecular weight is 623 g/mol. The van der Waals surface area contributed by atoms with Crippen LogP contribution < -0.4 is 0 Å². The Hall–Kier alpha value is -6.59. The fourth-order valence-electron chi connectivity index (χ4n) is 6.58. The Morgan fingerprint density at radius 3 is 1.88 bits per heavy atom. The maximum absolute atomic E-state index is 9.16. The number of nitrogens with zero attached hydrogens (tertiary/aromatic N) is 3. The molecule has 0 atom stereocenters. The predicted molar refractivity (Wildman–Crippen MR) is 194 cm³/mol. The van der Waals surface area contributed by atoms with E-state index in [1.165, 1.54) is 0 Å². The molecule has 10 aromatic rings. The minimum atomic E-state index is -0.472. The number of rotatable bonds is 4. The third-order valence-electron chi connectivity index (χ3n) is 8.69. The van der Waals surface area contributed by atoms with E-state index in [0.29, 0.717) is 39.6 Å². The highest BCUT2D eigenvalue weighted by Gasteiger charge is 2.20. The van der Waals surface area contributed by atoms with Crippen LogP contribution in [0, 0.1) is 0 Å². The van der Waals surface area contributed by atoms with Crippen LogP contribution in [0.3, 0.4) is 0 Å². The van der Waals surface area contributed by atoms with Gasteiger partial charge in [-0.15, -0.1) is 0 Å². The number of fused-ring (bicyclic) bond motifs is 7. The van der Waals surface area contributed by atoms with Crippen molar-refractivity contribution in [3.05, 3.63) is 151 Å². The minimum absolute atomic E-state index is 0.0571. The molecular formula is C43H25N3O2. The molecular weight excluding hydrogens is 590 g/mol. The van der Waals surface area contributed by atoms with Crippen LogP contribution >= 0.6 is 0 Å². The number of hydrogen-bond donors (Lipinski definition) is 0. The normalized spacial score (nSPS) is 13.8. The quantitative estimate of drug-likeness (QED) is 0.195. The predicted octanol–water partition coefficient (Wildman–Crippen LogP) is 11.5. The zero-order valence-electron chi connectivity index (χ0n) is 32.1. The summed E-state index contributed by atoms with van der Waals surface area (Å²) in [5.41, 5.74) is 4.24. The van der Waals surface area contributed by atoms with Gasteiger partial charge in [-0.05, 0) is 46.1 Å². The SMILES string of the molecule is [2H]c1c([2H])c([2H])c2c(oc3c([2H])c([2H])c([2H])c(-c4cccc5c(-c6nc(-c7ccccc7)nc(-c7cccc8oc9ccccc9c78)n6)cccc45)c32)c1[2H]. The summed E-state index contributed by atoms with van der Waals surface area (Å²) in [5.74, 6) is 1.32. The largest absolute Gasteiger partial charge is 0.456 e. The molecule has 3 aromatic heterocycles. The lowest BCUT2D eigenvalue weighted by molar-refractivity contribution is 0.668. The van der Waals surface area contributed by atoms with Crippen LogP contribution in [0.4, 0.5) is 0 Å². The molecule has 5 nitrogen and oxygen atoms in total. The first-order chi connectivity index (χ1) is 26.7. The van der Waals surface area contributed by atoms with Gasteiger partial charge in [-0.25, -0.2) is 15.0 Å². The Bertz CT molecular complexity index is 3250. The molecule has 5 heteroatoms. The first kappa shape index (κ1) is 20.5. The lowest BCUT2D eigenvalue weighted by atomic mass is 9.93. The molecule has 3 heterocycles. The summed E-state index contributed by atoms with van der Waals surface area (Å²) in [4.78, 5) is 15.1. The van der Waals surface area contributed by atoms with Crippen LogP contribution in [-0.2, 0) is 0 Å². The third kappa shape index (κ3) is 4.08. The fourth-order valence-corrected chi connectivity index (χ4v) is 6.58. The molecule has 0 aliphatic heterocycles. The van der Waals surface area contributed by atoms with Gasteiger partial charge in [0.15, 0.2) is 17.5 Å². The fraction of sp³-hybridized carbons (Fsp3) is 0. The molecule has 10 rings (SSSR count). The molecule has 0 bridgehead atoms.